The van der Waals surface area contributed by atoms with E-state index in [2.05, 4.69) is 20.8 Å². The summed E-state index contributed by atoms with van der Waals surface area (Å²) in [7, 11) is 0. The predicted octanol–water partition coefficient (Wildman–Crippen LogP) is 1.93. The van der Waals surface area contributed by atoms with Gasteiger partial charge >= 0.3 is 0 Å². The van der Waals surface area contributed by atoms with Crippen LogP contribution in [0.25, 0.3) is 0 Å². The summed E-state index contributed by atoms with van der Waals surface area (Å²) in [4.78, 5) is 0. The molecule has 1 heterocycles. The monoisotopic (exact) mass is 171 g/mol. The average molecular weight is 171 g/mol. The highest BCUT2D eigenvalue weighted by atomic mass is 16.5. The third-order valence-corrected chi connectivity index (χ3v) is 2.85. The zero-order chi connectivity index (χ0) is 9.14. The Morgan fingerprint density at radius 1 is 1.42 bits per heavy atom. The lowest BCUT2D eigenvalue weighted by Crippen LogP contribution is -2.27. The van der Waals surface area contributed by atoms with Crippen molar-refractivity contribution in [2.24, 2.45) is 11.7 Å². The Kier molecular flexibility index (Phi) is 3.53. The van der Waals surface area contributed by atoms with Crippen LogP contribution in [0.2, 0.25) is 0 Å². The molecule has 12 heavy (non-hydrogen) atoms. The molecule has 2 N–H and O–H groups in total. The van der Waals surface area contributed by atoms with Gasteiger partial charge in [-0.2, -0.15) is 0 Å². The van der Waals surface area contributed by atoms with Crippen molar-refractivity contribution in [2.75, 3.05) is 0 Å². The van der Waals surface area contributed by atoms with Crippen molar-refractivity contribution < 1.29 is 4.74 Å². The minimum atomic E-state index is 0.296. The summed E-state index contributed by atoms with van der Waals surface area (Å²) in [6, 6.07) is 0.296. The van der Waals surface area contributed by atoms with Gasteiger partial charge in [-0.25, -0.2) is 0 Å². The van der Waals surface area contributed by atoms with Crippen LogP contribution < -0.4 is 5.73 Å². The van der Waals surface area contributed by atoms with E-state index in [1.165, 1.54) is 12.8 Å². The summed E-state index contributed by atoms with van der Waals surface area (Å²) < 4.78 is 5.73. The van der Waals surface area contributed by atoms with Gasteiger partial charge in [0.1, 0.15) is 0 Å². The summed E-state index contributed by atoms with van der Waals surface area (Å²) in [5, 5.41) is 0. The molecule has 72 valence electrons. The Morgan fingerprint density at radius 3 is 2.50 bits per heavy atom. The van der Waals surface area contributed by atoms with Crippen molar-refractivity contribution in [3.63, 3.8) is 0 Å². The SMILES string of the molecule is CC1CCC(CC(C)C(C)N)O1. The van der Waals surface area contributed by atoms with E-state index in [-0.39, 0.29) is 0 Å². The maximum atomic E-state index is 5.79. The van der Waals surface area contributed by atoms with E-state index in [4.69, 9.17) is 10.5 Å². The second-order valence-electron chi connectivity index (χ2n) is 4.22. The fraction of sp³-hybridized carbons (Fsp3) is 1.00. The first-order valence-corrected chi connectivity index (χ1v) is 5.00. The molecule has 0 saturated carbocycles. The predicted molar refractivity (Wildman–Crippen MR) is 51.0 cm³/mol. The van der Waals surface area contributed by atoms with Gasteiger partial charge in [-0.05, 0) is 39.0 Å². The van der Waals surface area contributed by atoms with E-state index in [9.17, 15) is 0 Å². The van der Waals surface area contributed by atoms with Crippen LogP contribution in [0.1, 0.15) is 40.0 Å². The normalized spacial score (nSPS) is 35.0. The summed E-state index contributed by atoms with van der Waals surface area (Å²) in [6.07, 6.45) is 4.51. The van der Waals surface area contributed by atoms with Gasteiger partial charge in [0.25, 0.3) is 0 Å². The molecule has 1 aliphatic rings. The maximum Gasteiger partial charge on any atom is 0.0582 e. The van der Waals surface area contributed by atoms with Crippen LogP contribution in [0.15, 0.2) is 0 Å². The Balaban J connectivity index is 2.23. The molecule has 0 radical (unpaired) electrons. The lowest BCUT2D eigenvalue weighted by Gasteiger charge is -2.19. The molecule has 0 aromatic rings. The number of nitrogens with two attached hydrogens (primary N) is 1. The first-order chi connectivity index (χ1) is 5.59. The van der Waals surface area contributed by atoms with Gasteiger partial charge in [0.15, 0.2) is 0 Å². The highest BCUT2D eigenvalue weighted by Crippen LogP contribution is 2.25. The third kappa shape index (κ3) is 2.76. The van der Waals surface area contributed by atoms with Crippen LogP contribution >= 0.6 is 0 Å². The molecule has 0 aromatic carbocycles. The first kappa shape index (κ1) is 10.0. The molecule has 2 nitrogen and oxygen atoms in total. The molecular weight excluding hydrogens is 150 g/mol. The van der Waals surface area contributed by atoms with E-state index >= 15 is 0 Å². The van der Waals surface area contributed by atoms with Gasteiger partial charge in [-0.15, -0.1) is 0 Å². The van der Waals surface area contributed by atoms with Crippen LogP contribution in [0.5, 0.6) is 0 Å². The van der Waals surface area contributed by atoms with Crippen molar-refractivity contribution in [2.45, 2.75) is 58.3 Å². The van der Waals surface area contributed by atoms with Crippen molar-refractivity contribution in [1.82, 2.24) is 0 Å². The smallest absolute Gasteiger partial charge is 0.0582 e. The van der Waals surface area contributed by atoms with Gasteiger partial charge in [0.05, 0.1) is 12.2 Å². The van der Waals surface area contributed by atoms with Gasteiger partial charge in [-0.3, -0.25) is 0 Å². The topological polar surface area (TPSA) is 35.2 Å². The van der Waals surface area contributed by atoms with E-state index in [1.807, 2.05) is 0 Å². The molecule has 0 spiro atoms. The van der Waals surface area contributed by atoms with Crippen LogP contribution in [0, 0.1) is 5.92 Å². The highest BCUT2D eigenvalue weighted by molar-refractivity contribution is 4.75. The number of ether oxygens (including phenoxy) is 1. The highest BCUT2D eigenvalue weighted by Gasteiger charge is 2.24. The fourth-order valence-corrected chi connectivity index (χ4v) is 1.69. The van der Waals surface area contributed by atoms with E-state index in [0.717, 1.165) is 6.42 Å². The van der Waals surface area contributed by atoms with Crippen molar-refractivity contribution >= 4 is 0 Å². The van der Waals surface area contributed by atoms with Gasteiger partial charge in [-0.1, -0.05) is 6.92 Å². The Labute approximate surface area is 75.5 Å². The van der Waals surface area contributed by atoms with Gasteiger partial charge in [0, 0.05) is 6.04 Å². The fourth-order valence-electron chi connectivity index (χ4n) is 1.69. The summed E-state index contributed by atoms with van der Waals surface area (Å²) in [6.45, 7) is 6.43. The molecule has 1 aliphatic heterocycles. The first-order valence-electron chi connectivity index (χ1n) is 5.00. The van der Waals surface area contributed by atoms with Crippen LogP contribution in [-0.2, 0) is 4.74 Å². The quantitative estimate of drug-likeness (QED) is 0.704. The second-order valence-corrected chi connectivity index (χ2v) is 4.22. The standard InChI is InChI=1S/C10H21NO/c1-7(9(3)11)6-10-5-4-8(2)12-10/h7-10H,4-6,11H2,1-3H3. The molecular formula is C10H21NO. The largest absolute Gasteiger partial charge is 0.375 e. The summed E-state index contributed by atoms with van der Waals surface area (Å²) in [5.41, 5.74) is 5.79. The molecule has 1 rings (SSSR count). The maximum absolute atomic E-state index is 5.79. The number of hydrogen-bond donors (Lipinski definition) is 1. The minimum Gasteiger partial charge on any atom is -0.375 e. The Morgan fingerprint density at radius 2 is 2.08 bits per heavy atom. The molecule has 1 saturated heterocycles. The average Bonchev–Trinajstić information content (AvgIpc) is 2.35. The zero-order valence-electron chi connectivity index (χ0n) is 8.42. The van der Waals surface area contributed by atoms with Crippen LogP contribution in [0.4, 0.5) is 0 Å². The van der Waals surface area contributed by atoms with E-state index in [1.54, 1.807) is 0 Å². The summed E-state index contributed by atoms with van der Waals surface area (Å²) in [5.74, 6) is 0.584. The molecule has 1 fully saturated rings. The molecule has 0 bridgehead atoms. The zero-order valence-corrected chi connectivity index (χ0v) is 8.42. The van der Waals surface area contributed by atoms with Crippen LogP contribution in [-0.4, -0.2) is 18.2 Å². The molecule has 4 atom stereocenters. The number of hydrogen-bond acceptors (Lipinski definition) is 2. The molecule has 0 aromatic heterocycles. The molecule has 2 heteroatoms. The van der Waals surface area contributed by atoms with E-state index in [0.29, 0.717) is 24.2 Å². The molecule has 0 aliphatic carbocycles. The molecule has 4 unspecified atom stereocenters. The molecule has 0 amide bonds. The van der Waals surface area contributed by atoms with Crippen LogP contribution in [0.3, 0.4) is 0 Å². The van der Waals surface area contributed by atoms with Gasteiger partial charge < -0.3 is 10.5 Å². The van der Waals surface area contributed by atoms with Crippen molar-refractivity contribution in [3.05, 3.63) is 0 Å². The number of rotatable bonds is 3. The Bertz CT molecular complexity index is 136. The van der Waals surface area contributed by atoms with E-state index < -0.39 is 0 Å². The second kappa shape index (κ2) is 4.24. The summed E-state index contributed by atoms with van der Waals surface area (Å²) >= 11 is 0. The van der Waals surface area contributed by atoms with Crippen molar-refractivity contribution in [1.29, 1.82) is 0 Å². The lowest BCUT2D eigenvalue weighted by molar-refractivity contribution is 0.0406. The Hall–Kier alpha value is -0.0800. The lowest BCUT2D eigenvalue weighted by atomic mass is 9.96. The van der Waals surface area contributed by atoms with Gasteiger partial charge in [0.2, 0.25) is 0 Å². The van der Waals surface area contributed by atoms with Crippen molar-refractivity contribution in [3.8, 4) is 0 Å². The minimum absolute atomic E-state index is 0.296. The third-order valence-electron chi connectivity index (χ3n) is 2.85.